The Kier molecular flexibility index (Phi) is 5.46. The number of benzene rings is 1. The van der Waals surface area contributed by atoms with Crippen LogP contribution in [0.3, 0.4) is 0 Å². The average molecular weight is 426 g/mol. The number of ether oxygens (including phenoxy) is 3. The molecule has 0 radical (unpaired) electrons. The zero-order valence-corrected chi connectivity index (χ0v) is 18.2. The minimum Gasteiger partial charge on any atom is -0.496 e. The van der Waals surface area contributed by atoms with Crippen molar-refractivity contribution in [2.45, 2.75) is 44.8 Å². The van der Waals surface area contributed by atoms with Gasteiger partial charge in [-0.2, -0.15) is 8.42 Å². The van der Waals surface area contributed by atoms with Gasteiger partial charge in [-0.15, -0.1) is 0 Å². The molecule has 29 heavy (non-hydrogen) atoms. The molecular formula is C20H27NO7S. The standard InChI is InChI=1S/C20H27NO7S/c1-19(2,3)27-18(22)21-11-9-20(10-12-21)13-16(28-29(5,23)24)17-14(25-4)7-6-8-15(17)26-20/h6-8,13H,9-12H2,1-5H3. The van der Waals surface area contributed by atoms with Gasteiger partial charge in [0, 0.05) is 32.0 Å². The lowest BCUT2D eigenvalue weighted by molar-refractivity contribution is -0.00165. The molecule has 2 aliphatic rings. The number of likely N-dealkylation sites (tertiary alicyclic amines) is 1. The molecule has 1 amide bonds. The Morgan fingerprint density at radius 3 is 2.41 bits per heavy atom. The quantitative estimate of drug-likeness (QED) is 0.687. The summed E-state index contributed by atoms with van der Waals surface area (Å²) in [5.74, 6) is 1.12. The Morgan fingerprint density at radius 2 is 1.86 bits per heavy atom. The SMILES string of the molecule is COc1cccc2c1C(OS(C)(=O)=O)=CC1(CCN(C(=O)OC(C)(C)C)CC1)O2. The summed E-state index contributed by atoms with van der Waals surface area (Å²) in [6.45, 7) is 6.29. The smallest absolute Gasteiger partial charge is 0.410 e. The highest BCUT2D eigenvalue weighted by Gasteiger charge is 2.42. The second-order valence-electron chi connectivity index (χ2n) is 8.26. The zero-order valence-electron chi connectivity index (χ0n) is 17.4. The Bertz CT molecular complexity index is 923. The van der Waals surface area contributed by atoms with E-state index in [-0.39, 0.29) is 11.9 Å². The third-order valence-electron chi connectivity index (χ3n) is 4.66. The van der Waals surface area contributed by atoms with Crippen molar-refractivity contribution in [3.63, 3.8) is 0 Å². The first-order valence-corrected chi connectivity index (χ1v) is 11.2. The number of nitrogens with zero attached hydrogens (tertiary/aromatic N) is 1. The lowest BCUT2D eigenvalue weighted by Gasteiger charge is -2.42. The topological polar surface area (TPSA) is 91.4 Å². The van der Waals surface area contributed by atoms with Gasteiger partial charge >= 0.3 is 16.2 Å². The molecule has 160 valence electrons. The molecule has 0 saturated carbocycles. The summed E-state index contributed by atoms with van der Waals surface area (Å²) in [4.78, 5) is 14.0. The summed E-state index contributed by atoms with van der Waals surface area (Å²) in [7, 11) is -2.26. The molecular weight excluding hydrogens is 398 g/mol. The van der Waals surface area contributed by atoms with Crippen LogP contribution >= 0.6 is 0 Å². The number of rotatable bonds is 3. The number of carbonyl (C=O) groups is 1. The van der Waals surface area contributed by atoms with Crippen molar-refractivity contribution in [1.29, 1.82) is 0 Å². The molecule has 2 heterocycles. The molecule has 1 aromatic carbocycles. The van der Waals surface area contributed by atoms with Crippen molar-refractivity contribution in [2.75, 3.05) is 26.5 Å². The second-order valence-corrected chi connectivity index (χ2v) is 9.84. The highest BCUT2D eigenvalue weighted by Crippen LogP contribution is 2.45. The maximum Gasteiger partial charge on any atom is 0.410 e. The van der Waals surface area contributed by atoms with E-state index in [0.29, 0.717) is 43.0 Å². The molecule has 2 aliphatic heterocycles. The molecule has 8 nitrogen and oxygen atoms in total. The van der Waals surface area contributed by atoms with Gasteiger partial charge in [0.05, 0.1) is 13.4 Å². The van der Waals surface area contributed by atoms with Gasteiger partial charge in [-0.1, -0.05) is 6.07 Å². The summed E-state index contributed by atoms with van der Waals surface area (Å²) in [5, 5.41) is 0. The van der Waals surface area contributed by atoms with Crippen LogP contribution < -0.4 is 9.47 Å². The normalized spacial score (nSPS) is 18.4. The maximum atomic E-state index is 12.3. The van der Waals surface area contributed by atoms with Crippen LogP contribution in [-0.4, -0.2) is 57.1 Å². The first-order chi connectivity index (χ1) is 13.4. The predicted molar refractivity (Wildman–Crippen MR) is 107 cm³/mol. The summed E-state index contributed by atoms with van der Waals surface area (Å²) >= 11 is 0. The van der Waals surface area contributed by atoms with Crippen molar-refractivity contribution in [3.05, 3.63) is 29.8 Å². The van der Waals surface area contributed by atoms with Gasteiger partial charge < -0.3 is 23.3 Å². The van der Waals surface area contributed by atoms with Crippen molar-refractivity contribution in [2.24, 2.45) is 0 Å². The van der Waals surface area contributed by atoms with E-state index in [1.54, 1.807) is 29.2 Å². The van der Waals surface area contributed by atoms with E-state index in [9.17, 15) is 13.2 Å². The predicted octanol–water partition coefficient (Wildman–Crippen LogP) is 3.17. The first-order valence-electron chi connectivity index (χ1n) is 9.38. The van der Waals surface area contributed by atoms with Crippen LogP contribution in [0.1, 0.15) is 39.2 Å². The van der Waals surface area contributed by atoms with Crippen LogP contribution in [0.2, 0.25) is 0 Å². The Morgan fingerprint density at radius 1 is 1.21 bits per heavy atom. The van der Waals surface area contributed by atoms with E-state index in [1.165, 1.54) is 7.11 Å². The van der Waals surface area contributed by atoms with Crippen LogP contribution in [0, 0.1) is 0 Å². The molecule has 1 saturated heterocycles. The van der Waals surface area contributed by atoms with E-state index >= 15 is 0 Å². The van der Waals surface area contributed by atoms with Gasteiger partial charge in [0.25, 0.3) is 0 Å². The molecule has 0 aliphatic carbocycles. The third kappa shape index (κ3) is 4.95. The number of methoxy groups -OCH3 is 1. The number of hydrogen-bond donors (Lipinski definition) is 0. The van der Waals surface area contributed by atoms with Gasteiger partial charge in [0.15, 0.2) is 5.76 Å². The largest absolute Gasteiger partial charge is 0.496 e. The third-order valence-corrected chi connectivity index (χ3v) is 5.15. The molecule has 9 heteroatoms. The summed E-state index contributed by atoms with van der Waals surface area (Å²) in [6.07, 6.45) is 3.25. The molecule has 1 aromatic rings. The van der Waals surface area contributed by atoms with E-state index in [0.717, 1.165) is 6.26 Å². The Hall–Kier alpha value is -2.42. The van der Waals surface area contributed by atoms with Crippen molar-refractivity contribution in [1.82, 2.24) is 4.90 Å². The van der Waals surface area contributed by atoms with Gasteiger partial charge in [0.2, 0.25) is 0 Å². The van der Waals surface area contributed by atoms with Crippen LogP contribution in [-0.2, 0) is 19.0 Å². The van der Waals surface area contributed by atoms with Gasteiger partial charge in [-0.25, -0.2) is 4.79 Å². The second kappa shape index (κ2) is 7.44. The van der Waals surface area contributed by atoms with E-state index in [2.05, 4.69) is 0 Å². The summed E-state index contributed by atoms with van der Waals surface area (Å²) in [5.41, 5.74) is -0.891. The molecule has 0 aromatic heterocycles. The average Bonchev–Trinajstić information content (AvgIpc) is 2.58. The summed E-state index contributed by atoms with van der Waals surface area (Å²) in [6, 6.07) is 5.23. The number of hydrogen-bond acceptors (Lipinski definition) is 7. The Balaban J connectivity index is 1.88. The fourth-order valence-electron chi connectivity index (χ4n) is 3.44. The van der Waals surface area contributed by atoms with Gasteiger partial charge in [-0.05, 0) is 32.9 Å². The van der Waals surface area contributed by atoms with E-state index < -0.39 is 21.3 Å². The fraction of sp³-hybridized carbons (Fsp3) is 0.550. The van der Waals surface area contributed by atoms with E-state index in [4.69, 9.17) is 18.4 Å². The lowest BCUT2D eigenvalue weighted by atomic mass is 9.87. The highest BCUT2D eigenvalue weighted by molar-refractivity contribution is 7.86. The minimum absolute atomic E-state index is 0.178. The molecule has 0 unspecified atom stereocenters. The maximum absolute atomic E-state index is 12.3. The number of fused-ring (bicyclic) bond motifs is 1. The minimum atomic E-state index is -3.76. The van der Waals surface area contributed by atoms with Crippen LogP contribution in [0.4, 0.5) is 4.79 Å². The molecule has 3 rings (SSSR count). The molecule has 0 N–H and O–H groups in total. The molecule has 0 bridgehead atoms. The number of piperidine rings is 1. The Labute approximate surface area is 171 Å². The molecule has 1 spiro atoms. The number of carbonyl (C=O) groups excluding carboxylic acids is 1. The van der Waals surface area contributed by atoms with Gasteiger partial charge in [-0.3, -0.25) is 0 Å². The molecule has 1 fully saturated rings. The first kappa shape index (κ1) is 21.3. The summed E-state index contributed by atoms with van der Waals surface area (Å²) < 4.78 is 46.0. The zero-order chi connectivity index (χ0) is 21.4. The van der Waals surface area contributed by atoms with Crippen molar-refractivity contribution in [3.8, 4) is 11.5 Å². The monoisotopic (exact) mass is 425 g/mol. The van der Waals surface area contributed by atoms with Crippen molar-refractivity contribution >= 4 is 22.0 Å². The van der Waals surface area contributed by atoms with E-state index in [1.807, 2.05) is 20.8 Å². The number of amides is 1. The van der Waals surface area contributed by atoms with Crippen LogP contribution in [0.5, 0.6) is 11.5 Å². The van der Waals surface area contributed by atoms with Crippen molar-refractivity contribution < 1.29 is 31.6 Å². The molecule has 0 atom stereocenters. The lowest BCUT2D eigenvalue weighted by Crippen LogP contribution is -2.50. The van der Waals surface area contributed by atoms with Crippen LogP contribution in [0.15, 0.2) is 24.3 Å². The van der Waals surface area contributed by atoms with Gasteiger partial charge in [0.1, 0.15) is 28.3 Å². The van der Waals surface area contributed by atoms with Crippen LogP contribution in [0.25, 0.3) is 5.76 Å². The fourth-order valence-corrected chi connectivity index (χ4v) is 3.90. The highest BCUT2D eigenvalue weighted by atomic mass is 32.2.